The predicted molar refractivity (Wildman–Crippen MR) is 80.7 cm³/mol. The quantitative estimate of drug-likeness (QED) is 0.839. The number of fused-ring (bicyclic) bond motifs is 1. The van der Waals surface area contributed by atoms with E-state index in [-0.39, 0.29) is 0 Å². The summed E-state index contributed by atoms with van der Waals surface area (Å²) in [6, 6.07) is 6.08. The van der Waals surface area contributed by atoms with Crippen molar-refractivity contribution in [2.45, 2.75) is 38.7 Å². The van der Waals surface area contributed by atoms with Crippen LogP contribution in [0.4, 0.5) is 0 Å². The zero-order chi connectivity index (χ0) is 13.8. The summed E-state index contributed by atoms with van der Waals surface area (Å²) in [5, 5.41) is 1.13. The summed E-state index contributed by atoms with van der Waals surface area (Å²) in [6.45, 7) is 5.78. The third-order valence-electron chi connectivity index (χ3n) is 4.04. The van der Waals surface area contributed by atoms with Crippen LogP contribution < -0.4 is 4.84 Å². The van der Waals surface area contributed by atoms with Crippen molar-refractivity contribution in [3.05, 3.63) is 30.6 Å². The first-order valence-corrected chi connectivity index (χ1v) is 7.68. The summed E-state index contributed by atoms with van der Waals surface area (Å²) in [7, 11) is 0. The summed E-state index contributed by atoms with van der Waals surface area (Å²) in [5.74, 6) is 0. The van der Waals surface area contributed by atoms with Crippen molar-refractivity contribution in [2.75, 3.05) is 19.6 Å². The Balaban J connectivity index is 1.57. The van der Waals surface area contributed by atoms with Gasteiger partial charge in [-0.3, -0.25) is 0 Å². The van der Waals surface area contributed by atoms with Gasteiger partial charge in [-0.15, -0.1) is 0 Å². The van der Waals surface area contributed by atoms with E-state index >= 15 is 0 Å². The van der Waals surface area contributed by atoms with Crippen LogP contribution in [0.5, 0.6) is 0 Å². The largest absolute Gasteiger partial charge is 0.409 e. The monoisotopic (exact) mass is 273 g/mol. The molecule has 2 aromatic heterocycles. The minimum absolute atomic E-state index is 0.311. The van der Waals surface area contributed by atoms with Gasteiger partial charge < -0.3 is 9.74 Å². The van der Waals surface area contributed by atoms with Crippen molar-refractivity contribution < 1.29 is 4.84 Å². The molecule has 0 saturated carbocycles. The van der Waals surface area contributed by atoms with Crippen molar-refractivity contribution in [3.8, 4) is 0 Å². The Hall–Kier alpha value is -1.55. The second kappa shape index (κ2) is 6.27. The molecular formula is C16H23N3O. The molecule has 0 aromatic carbocycles. The number of unbranched alkanes of at least 4 members (excludes halogenated alkanes) is 1. The number of hydrogen-bond donors (Lipinski definition) is 0. The normalized spacial score (nSPS) is 17.6. The number of rotatable bonds is 5. The van der Waals surface area contributed by atoms with Gasteiger partial charge in [0.05, 0.1) is 0 Å². The minimum atomic E-state index is 0.311. The Kier molecular flexibility index (Phi) is 4.21. The maximum absolute atomic E-state index is 6.09. The number of likely N-dealkylation sites (tertiary alicyclic amines) is 1. The van der Waals surface area contributed by atoms with Crippen LogP contribution in [0.1, 0.15) is 32.6 Å². The maximum Gasteiger partial charge on any atom is 0.175 e. The van der Waals surface area contributed by atoms with Gasteiger partial charge >= 0.3 is 0 Å². The SMILES string of the molecule is CCCCN1CCC(On2ccc3cccnc32)CC1. The molecule has 4 heteroatoms. The summed E-state index contributed by atoms with van der Waals surface area (Å²) in [4.78, 5) is 13.0. The first-order chi connectivity index (χ1) is 9.86. The van der Waals surface area contributed by atoms with Gasteiger partial charge in [0, 0.05) is 30.9 Å². The smallest absolute Gasteiger partial charge is 0.175 e. The molecule has 108 valence electrons. The molecule has 1 aliphatic rings. The fraction of sp³-hybridized carbons (Fsp3) is 0.562. The van der Waals surface area contributed by atoms with Crippen molar-refractivity contribution in [1.29, 1.82) is 0 Å². The predicted octanol–water partition coefficient (Wildman–Crippen LogP) is 2.73. The fourth-order valence-electron chi connectivity index (χ4n) is 2.81. The van der Waals surface area contributed by atoms with Crippen LogP contribution in [0.25, 0.3) is 11.0 Å². The van der Waals surface area contributed by atoms with E-state index in [0.717, 1.165) is 37.0 Å². The van der Waals surface area contributed by atoms with Gasteiger partial charge in [0.15, 0.2) is 5.65 Å². The van der Waals surface area contributed by atoms with E-state index < -0.39 is 0 Å². The van der Waals surface area contributed by atoms with Crippen LogP contribution >= 0.6 is 0 Å². The molecular weight excluding hydrogens is 250 g/mol. The van der Waals surface area contributed by atoms with Crippen LogP contribution in [0.3, 0.4) is 0 Å². The van der Waals surface area contributed by atoms with E-state index in [1.165, 1.54) is 19.4 Å². The average Bonchev–Trinajstić information content (AvgIpc) is 2.90. The van der Waals surface area contributed by atoms with E-state index in [0.29, 0.717) is 6.10 Å². The van der Waals surface area contributed by atoms with Gasteiger partial charge in [0.25, 0.3) is 0 Å². The van der Waals surface area contributed by atoms with E-state index in [1.807, 2.05) is 23.2 Å². The number of pyridine rings is 1. The second-order valence-corrected chi connectivity index (χ2v) is 5.56. The zero-order valence-electron chi connectivity index (χ0n) is 12.2. The van der Waals surface area contributed by atoms with Crippen molar-refractivity contribution in [2.24, 2.45) is 0 Å². The number of hydrogen-bond acceptors (Lipinski definition) is 3. The van der Waals surface area contributed by atoms with E-state index in [2.05, 4.69) is 28.9 Å². The molecule has 4 nitrogen and oxygen atoms in total. The van der Waals surface area contributed by atoms with Gasteiger partial charge in [-0.25, -0.2) is 4.98 Å². The molecule has 0 spiro atoms. The standard InChI is InChI=1S/C16H23N3O/c1-2-3-10-18-11-7-15(8-12-18)20-19-13-6-14-5-4-9-17-16(14)19/h4-6,9,13,15H,2-3,7-8,10-12H2,1H3. The fourth-order valence-corrected chi connectivity index (χ4v) is 2.81. The van der Waals surface area contributed by atoms with E-state index in [1.54, 1.807) is 0 Å². The average molecular weight is 273 g/mol. The van der Waals surface area contributed by atoms with Gasteiger partial charge in [0.2, 0.25) is 0 Å². The molecule has 0 bridgehead atoms. The van der Waals surface area contributed by atoms with Crippen LogP contribution in [-0.4, -0.2) is 40.4 Å². The number of nitrogens with zero attached hydrogens (tertiary/aromatic N) is 3. The maximum atomic E-state index is 6.09. The second-order valence-electron chi connectivity index (χ2n) is 5.56. The molecule has 3 rings (SSSR count). The summed E-state index contributed by atoms with van der Waals surface area (Å²) < 4.78 is 1.84. The lowest BCUT2D eigenvalue weighted by Crippen LogP contribution is -2.40. The van der Waals surface area contributed by atoms with E-state index in [4.69, 9.17) is 4.84 Å². The van der Waals surface area contributed by atoms with Crippen molar-refractivity contribution >= 4 is 11.0 Å². The van der Waals surface area contributed by atoms with Crippen molar-refractivity contribution in [1.82, 2.24) is 14.6 Å². The lowest BCUT2D eigenvalue weighted by molar-refractivity contribution is 0.00190. The summed E-state index contributed by atoms with van der Waals surface area (Å²) >= 11 is 0. The molecule has 20 heavy (non-hydrogen) atoms. The Labute approximate surface area is 120 Å². The molecule has 0 aliphatic carbocycles. The highest BCUT2D eigenvalue weighted by Gasteiger charge is 2.20. The first kappa shape index (κ1) is 13.4. The van der Waals surface area contributed by atoms with Crippen LogP contribution in [-0.2, 0) is 0 Å². The minimum Gasteiger partial charge on any atom is -0.409 e. The highest BCUT2D eigenvalue weighted by atomic mass is 16.7. The highest BCUT2D eigenvalue weighted by Crippen LogP contribution is 2.16. The lowest BCUT2D eigenvalue weighted by Gasteiger charge is -2.31. The third-order valence-corrected chi connectivity index (χ3v) is 4.04. The molecule has 1 aliphatic heterocycles. The van der Waals surface area contributed by atoms with Gasteiger partial charge in [-0.05, 0) is 44.0 Å². The van der Waals surface area contributed by atoms with Gasteiger partial charge in [0.1, 0.15) is 6.10 Å². The van der Waals surface area contributed by atoms with Gasteiger partial charge in [-0.2, -0.15) is 4.73 Å². The Morgan fingerprint density at radius 3 is 2.95 bits per heavy atom. The summed E-state index contributed by atoms with van der Waals surface area (Å²) in [5.41, 5.74) is 0.918. The summed E-state index contributed by atoms with van der Waals surface area (Å²) in [6.07, 6.45) is 8.89. The molecule has 3 heterocycles. The molecule has 0 unspecified atom stereocenters. The molecule has 0 atom stereocenters. The third kappa shape index (κ3) is 2.96. The first-order valence-electron chi connectivity index (χ1n) is 7.68. The highest BCUT2D eigenvalue weighted by molar-refractivity contribution is 5.75. The molecule has 0 radical (unpaired) electrons. The number of aromatic nitrogens is 2. The molecule has 1 fully saturated rings. The molecule has 0 N–H and O–H groups in total. The van der Waals surface area contributed by atoms with Crippen molar-refractivity contribution in [3.63, 3.8) is 0 Å². The zero-order valence-corrected chi connectivity index (χ0v) is 12.2. The van der Waals surface area contributed by atoms with Crippen LogP contribution in [0.2, 0.25) is 0 Å². The lowest BCUT2D eigenvalue weighted by atomic mass is 10.1. The van der Waals surface area contributed by atoms with E-state index in [9.17, 15) is 0 Å². The topological polar surface area (TPSA) is 30.3 Å². The van der Waals surface area contributed by atoms with Crippen LogP contribution in [0.15, 0.2) is 30.6 Å². The van der Waals surface area contributed by atoms with Gasteiger partial charge in [-0.1, -0.05) is 13.3 Å². The Morgan fingerprint density at radius 2 is 2.15 bits per heavy atom. The molecule has 1 saturated heterocycles. The Bertz CT molecular complexity index is 543. The Morgan fingerprint density at radius 1 is 1.30 bits per heavy atom. The molecule has 2 aromatic rings. The number of piperidine rings is 1. The molecule has 0 amide bonds. The van der Waals surface area contributed by atoms with Crippen LogP contribution in [0, 0.1) is 0 Å².